The van der Waals surface area contributed by atoms with Crippen molar-refractivity contribution in [1.82, 2.24) is 25.1 Å². The minimum absolute atomic E-state index is 0.00272. The monoisotopic (exact) mass is 350 g/mol. The minimum atomic E-state index is -0.736. The van der Waals surface area contributed by atoms with E-state index < -0.39 is 22.4 Å². The fourth-order valence-corrected chi connectivity index (χ4v) is 2.83. The van der Waals surface area contributed by atoms with Crippen LogP contribution in [0.2, 0.25) is 0 Å². The van der Waals surface area contributed by atoms with E-state index in [1.165, 1.54) is 22.9 Å². The van der Waals surface area contributed by atoms with Crippen molar-refractivity contribution in [2.45, 2.75) is 6.54 Å². The third kappa shape index (κ3) is 2.32. The van der Waals surface area contributed by atoms with Gasteiger partial charge in [0.15, 0.2) is 5.82 Å². The highest BCUT2D eigenvalue weighted by atomic mass is 16.6. The Hall–Kier alpha value is -3.95. The standard InChI is InChI=1S/C16H10N6O4/c23-15-11-7-4-8-12(22(25)26)14(11)16(24)20(15)9-13-17-18-19-21(13)10-5-2-1-3-6-10/h1-8H,9H2. The van der Waals surface area contributed by atoms with Crippen LogP contribution in [0.3, 0.4) is 0 Å². The molecule has 1 aliphatic heterocycles. The van der Waals surface area contributed by atoms with Gasteiger partial charge in [-0.1, -0.05) is 24.3 Å². The molecule has 0 bridgehead atoms. The van der Waals surface area contributed by atoms with Gasteiger partial charge in [0.05, 0.1) is 22.7 Å². The molecule has 0 aliphatic carbocycles. The Kier molecular flexibility index (Phi) is 3.50. The van der Waals surface area contributed by atoms with Gasteiger partial charge < -0.3 is 0 Å². The molecule has 0 saturated carbocycles. The van der Waals surface area contributed by atoms with Crippen molar-refractivity contribution in [3.05, 3.63) is 75.6 Å². The third-order valence-corrected chi connectivity index (χ3v) is 4.01. The smallest absolute Gasteiger partial charge is 0.269 e. The highest BCUT2D eigenvalue weighted by Gasteiger charge is 2.41. The van der Waals surface area contributed by atoms with Gasteiger partial charge in [0, 0.05) is 6.07 Å². The molecule has 128 valence electrons. The molecule has 1 aromatic heterocycles. The zero-order chi connectivity index (χ0) is 18.3. The Balaban J connectivity index is 1.71. The Morgan fingerprint density at radius 1 is 1.00 bits per heavy atom. The van der Waals surface area contributed by atoms with E-state index in [9.17, 15) is 19.7 Å². The number of amides is 2. The number of nitro benzene ring substituents is 1. The molecule has 4 rings (SSSR count). The van der Waals surface area contributed by atoms with Gasteiger partial charge in [-0.2, -0.15) is 4.68 Å². The zero-order valence-electron chi connectivity index (χ0n) is 13.1. The van der Waals surface area contributed by atoms with Crippen LogP contribution < -0.4 is 0 Å². The van der Waals surface area contributed by atoms with Crippen LogP contribution >= 0.6 is 0 Å². The van der Waals surface area contributed by atoms with Crippen LogP contribution in [-0.2, 0) is 6.54 Å². The van der Waals surface area contributed by atoms with Crippen molar-refractivity contribution >= 4 is 17.5 Å². The number of aromatic nitrogens is 4. The molecule has 2 amide bonds. The van der Waals surface area contributed by atoms with E-state index in [1.807, 2.05) is 6.07 Å². The Bertz CT molecular complexity index is 1050. The van der Waals surface area contributed by atoms with E-state index in [4.69, 9.17) is 0 Å². The number of rotatable bonds is 4. The van der Waals surface area contributed by atoms with E-state index >= 15 is 0 Å². The molecule has 10 heteroatoms. The summed E-state index contributed by atoms with van der Waals surface area (Å²) in [4.78, 5) is 36.6. The molecule has 2 heterocycles. The highest BCUT2D eigenvalue weighted by Crippen LogP contribution is 2.31. The predicted octanol–water partition coefficient (Wildman–Crippen LogP) is 1.37. The van der Waals surface area contributed by atoms with Gasteiger partial charge in [-0.25, -0.2) is 0 Å². The van der Waals surface area contributed by atoms with Crippen LogP contribution in [0.5, 0.6) is 0 Å². The second-order valence-electron chi connectivity index (χ2n) is 5.50. The number of hydrogen-bond donors (Lipinski definition) is 0. The maximum Gasteiger partial charge on any atom is 0.282 e. The molecule has 1 aliphatic rings. The summed E-state index contributed by atoms with van der Waals surface area (Å²) >= 11 is 0. The lowest BCUT2D eigenvalue weighted by atomic mass is 10.1. The first-order valence-corrected chi connectivity index (χ1v) is 7.54. The summed E-state index contributed by atoms with van der Waals surface area (Å²) in [5.41, 5.74) is 0.0604. The van der Waals surface area contributed by atoms with Gasteiger partial charge in [0.1, 0.15) is 5.56 Å². The molecule has 2 aromatic carbocycles. The summed E-state index contributed by atoms with van der Waals surface area (Å²) in [7, 11) is 0. The number of tetrazole rings is 1. The number of para-hydroxylation sites is 1. The number of nitro groups is 1. The summed E-state index contributed by atoms with van der Waals surface area (Å²) in [6.45, 7) is -0.203. The van der Waals surface area contributed by atoms with Crippen molar-refractivity contribution in [3.8, 4) is 5.69 Å². The fraction of sp³-hybridized carbons (Fsp3) is 0.0625. The van der Waals surface area contributed by atoms with Gasteiger partial charge >= 0.3 is 0 Å². The Labute approximate surface area is 145 Å². The van der Waals surface area contributed by atoms with Crippen molar-refractivity contribution in [3.63, 3.8) is 0 Å². The van der Waals surface area contributed by atoms with Gasteiger partial charge in [-0.3, -0.25) is 24.6 Å². The van der Waals surface area contributed by atoms with Crippen molar-refractivity contribution in [1.29, 1.82) is 0 Å². The normalized spacial score (nSPS) is 13.2. The summed E-state index contributed by atoms with van der Waals surface area (Å²) in [6.07, 6.45) is 0. The SMILES string of the molecule is O=C1c2cccc([N+](=O)[O-])c2C(=O)N1Cc1nnnn1-c1ccccc1. The van der Waals surface area contributed by atoms with E-state index in [0.29, 0.717) is 5.69 Å². The predicted molar refractivity (Wildman–Crippen MR) is 86.5 cm³/mol. The third-order valence-electron chi connectivity index (χ3n) is 4.01. The Morgan fingerprint density at radius 3 is 2.50 bits per heavy atom. The molecule has 26 heavy (non-hydrogen) atoms. The van der Waals surface area contributed by atoms with Crippen LogP contribution in [0, 0.1) is 10.1 Å². The number of imide groups is 1. The zero-order valence-corrected chi connectivity index (χ0v) is 13.1. The Morgan fingerprint density at radius 2 is 1.77 bits per heavy atom. The molecule has 0 atom stereocenters. The molecular formula is C16H10N6O4. The number of benzene rings is 2. The summed E-state index contributed by atoms with van der Waals surface area (Å²) < 4.78 is 1.40. The summed E-state index contributed by atoms with van der Waals surface area (Å²) in [5.74, 6) is -1.09. The second kappa shape index (κ2) is 5.84. The lowest BCUT2D eigenvalue weighted by Gasteiger charge is -2.13. The van der Waals surface area contributed by atoms with Crippen LogP contribution in [0.1, 0.15) is 26.5 Å². The molecular weight excluding hydrogens is 340 g/mol. The highest BCUT2D eigenvalue weighted by molar-refractivity contribution is 6.23. The van der Waals surface area contributed by atoms with Crippen LogP contribution in [0.4, 0.5) is 5.69 Å². The largest absolute Gasteiger partial charge is 0.282 e. The minimum Gasteiger partial charge on any atom is -0.269 e. The molecule has 0 spiro atoms. The quantitative estimate of drug-likeness (QED) is 0.395. The van der Waals surface area contributed by atoms with Gasteiger partial charge in [-0.05, 0) is 28.6 Å². The number of carbonyl (C=O) groups is 2. The molecule has 0 fully saturated rings. The van der Waals surface area contributed by atoms with E-state index in [2.05, 4.69) is 15.5 Å². The summed E-state index contributed by atoms with van der Waals surface area (Å²) in [5, 5.41) is 22.5. The lowest BCUT2D eigenvalue weighted by Crippen LogP contribution is -2.30. The molecule has 0 radical (unpaired) electrons. The fourth-order valence-electron chi connectivity index (χ4n) is 2.83. The first-order valence-electron chi connectivity index (χ1n) is 7.54. The lowest BCUT2D eigenvalue weighted by molar-refractivity contribution is -0.385. The average molecular weight is 350 g/mol. The van der Waals surface area contributed by atoms with E-state index in [0.717, 1.165) is 4.90 Å². The van der Waals surface area contributed by atoms with Crippen LogP contribution in [0.25, 0.3) is 5.69 Å². The van der Waals surface area contributed by atoms with E-state index in [1.54, 1.807) is 24.3 Å². The van der Waals surface area contributed by atoms with Crippen molar-refractivity contribution < 1.29 is 14.5 Å². The van der Waals surface area contributed by atoms with Crippen molar-refractivity contribution in [2.24, 2.45) is 0 Å². The van der Waals surface area contributed by atoms with Gasteiger partial charge in [0.2, 0.25) is 0 Å². The molecule has 3 aromatic rings. The molecule has 0 saturated heterocycles. The topological polar surface area (TPSA) is 124 Å². The van der Waals surface area contributed by atoms with Crippen molar-refractivity contribution in [2.75, 3.05) is 0 Å². The average Bonchev–Trinajstić information content (AvgIpc) is 3.21. The first kappa shape index (κ1) is 15.6. The number of nitrogens with zero attached hydrogens (tertiary/aromatic N) is 6. The van der Waals surface area contributed by atoms with E-state index in [-0.39, 0.29) is 23.5 Å². The molecule has 0 unspecified atom stereocenters. The maximum atomic E-state index is 12.6. The number of fused-ring (bicyclic) bond motifs is 1. The van der Waals surface area contributed by atoms with Gasteiger partial charge in [-0.15, -0.1) is 5.10 Å². The van der Waals surface area contributed by atoms with Crippen LogP contribution in [0.15, 0.2) is 48.5 Å². The maximum absolute atomic E-state index is 12.6. The second-order valence-corrected chi connectivity index (χ2v) is 5.50. The summed E-state index contributed by atoms with van der Waals surface area (Å²) in [6, 6.07) is 12.9. The van der Waals surface area contributed by atoms with Crippen LogP contribution in [-0.4, -0.2) is 41.8 Å². The van der Waals surface area contributed by atoms with Gasteiger partial charge in [0.25, 0.3) is 17.5 Å². The molecule has 0 N–H and O–H groups in total. The molecule has 10 nitrogen and oxygen atoms in total. The first-order chi connectivity index (χ1) is 12.6. The number of carbonyl (C=O) groups excluding carboxylic acids is 2. The number of hydrogen-bond acceptors (Lipinski definition) is 7.